The zero-order valence-corrected chi connectivity index (χ0v) is 18.3. The number of fused-ring (bicyclic) bond motifs is 1. The molecule has 0 spiro atoms. The van der Waals surface area contributed by atoms with Crippen molar-refractivity contribution in [2.75, 3.05) is 32.1 Å². The third-order valence-corrected chi connectivity index (χ3v) is 4.64. The van der Waals surface area contributed by atoms with Crippen LogP contribution < -0.4 is 21.3 Å². The van der Waals surface area contributed by atoms with Crippen LogP contribution in [0.3, 0.4) is 0 Å². The Balaban J connectivity index is 1.66. The van der Waals surface area contributed by atoms with Gasteiger partial charge in [-0.05, 0) is 32.1 Å². The average molecular weight is 451 g/mol. The first-order chi connectivity index (χ1) is 15.3. The third-order valence-electron chi connectivity index (χ3n) is 4.64. The van der Waals surface area contributed by atoms with Crippen LogP contribution in [0, 0.1) is 0 Å². The molecular weight excluding hydrogens is 420 g/mol. The first kappa shape index (κ1) is 24.6. The zero-order chi connectivity index (χ0) is 23.5. The highest BCUT2D eigenvalue weighted by Gasteiger charge is 2.20. The smallest absolute Gasteiger partial charge is 0.407 e. The molecule has 0 radical (unpaired) electrons. The van der Waals surface area contributed by atoms with Crippen molar-refractivity contribution >= 4 is 35.1 Å². The third kappa shape index (κ3) is 7.56. The van der Waals surface area contributed by atoms with Gasteiger partial charge in [-0.2, -0.15) is 0 Å². The standard InChI is InChI=1S/C19H30N8O5/c1-26(2)15-14-16(23-11-22-15)27(12-24-14)9-4-3-5-10-32-19(31)25-13(17(28)29)7-6-8-21-18(20)30/h11-13H,3-10H2,1-2H3,(H,25,31)(H,28,29)(H3,20,21,30)/t13-/m1/s1. The number of nitrogens with two attached hydrogens (primary N) is 1. The molecule has 5 N–H and O–H groups in total. The van der Waals surface area contributed by atoms with E-state index in [1.165, 1.54) is 6.33 Å². The number of anilines is 1. The topological polar surface area (TPSA) is 178 Å². The molecule has 2 aromatic rings. The van der Waals surface area contributed by atoms with Gasteiger partial charge in [0.2, 0.25) is 0 Å². The number of amides is 3. The van der Waals surface area contributed by atoms with E-state index in [0.29, 0.717) is 19.4 Å². The Kier molecular flexibility index (Phi) is 9.44. The lowest BCUT2D eigenvalue weighted by molar-refractivity contribution is -0.139. The number of aliphatic carboxylic acids is 1. The molecule has 0 aromatic carbocycles. The van der Waals surface area contributed by atoms with Crippen LogP contribution in [0.1, 0.15) is 32.1 Å². The van der Waals surface area contributed by atoms with Gasteiger partial charge in [0.25, 0.3) is 0 Å². The molecule has 176 valence electrons. The van der Waals surface area contributed by atoms with E-state index in [1.54, 1.807) is 6.33 Å². The van der Waals surface area contributed by atoms with Crippen LogP contribution in [0.2, 0.25) is 0 Å². The summed E-state index contributed by atoms with van der Waals surface area (Å²) in [4.78, 5) is 48.5. The van der Waals surface area contributed by atoms with Gasteiger partial charge in [0.15, 0.2) is 17.0 Å². The van der Waals surface area contributed by atoms with Crippen molar-refractivity contribution in [3.05, 3.63) is 12.7 Å². The number of aryl methyl sites for hydroxylation is 1. The highest BCUT2D eigenvalue weighted by atomic mass is 16.5. The van der Waals surface area contributed by atoms with Crippen molar-refractivity contribution in [2.45, 2.75) is 44.7 Å². The molecule has 0 aliphatic heterocycles. The number of carbonyl (C=O) groups excluding carboxylic acids is 2. The number of ether oxygens (including phenoxy) is 1. The fourth-order valence-electron chi connectivity index (χ4n) is 3.04. The molecule has 0 aliphatic carbocycles. The number of carboxylic acid groups (broad SMARTS) is 1. The minimum absolute atomic E-state index is 0.142. The van der Waals surface area contributed by atoms with Crippen LogP contribution in [-0.2, 0) is 16.1 Å². The number of urea groups is 1. The molecule has 2 aromatic heterocycles. The molecule has 0 bridgehead atoms. The number of hydrogen-bond acceptors (Lipinski definition) is 8. The summed E-state index contributed by atoms with van der Waals surface area (Å²) >= 11 is 0. The Morgan fingerprint density at radius 2 is 1.97 bits per heavy atom. The molecule has 2 rings (SSSR count). The molecule has 13 heteroatoms. The van der Waals surface area contributed by atoms with Crippen LogP contribution in [0.4, 0.5) is 15.4 Å². The Labute approximate surface area is 185 Å². The molecule has 0 saturated heterocycles. The molecule has 32 heavy (non-hydrogen) atoms. The van der Waals surface area contributed by atoms with Crippen LogP contribution in [0.15, 0.2) is 12.7 Å². The summed E-state index contributed by atoms with van der Waals surface area (Å²) in [5, 5.41) is 13.9. The van der Waals surface area contributed by atoms with Gasteiger partial charge >= 0.3 is 18.1 Å². The number of primary amides is 1. The maximum absolute atomic E-state index is 11.8. The minimum atomic E-state index is -1.17. The largest absolute Gasteiger partial charge is 0.480 e. The number of nitrogens with zero attached hydrogens (tertiary/aromatic N) is 5. The van der Waals surface area contributed by atoms with Crippen LogP contribution >= 0.6 is 0 Å². The summed E-state index contributed by atoms with van der Waals surface area (Å²) in [6, 6.07) is -1.78. The van der Waals surface area contributed by atoms with Gasteiger partial charge in [-0.1, -0.05) is 0 Å². The molecule has 0 aliphatic rings. The Bertz CT molecular complexity index is 916. The Morgan fingerprint density at radius 3 is 2.66 bits per heavy atom. The SMILES string of the molecule is CN(C)c1ncnc2c1ncn2CCCCCOC(=O)N[C@H](CCCNC(N)=O)C(=O)O. The van der Waals surface area contributed by atoms with Crippen molar-refractivity contribution in [1.82, 2.24) is 30.2 Å². The summed E-state index contributed by atoms with van der Waals surface area (Å²) in [7, 11) is 3.80. The van der Waals surface area contributed by atoms with Crippen molar-refractivity contribution < 1.29 is 24.2 Å². The van der Waals surface area contributed by atoms with Crippen LogP contribution in [0.25, 0.3) is 11.2 Å². The predicted molar refractivity (Wildman–Crippen MR) is 116 cm³/mol. The molecule has 3 amide bonds. The van der Waals surface area contributed by atoms with E-state index < -0.39 is 24.1 Å². The Hall–Kier alpha value is -3.64. The van der Waals surface area contributed by atoms with Crippen molar-refractivity contribution in [1.29, 1.82) is 0 Å². The second kappa shape index (κ2) is 12.3. The van der Waals surface area contributed by atoms with Crippen molar-refractivity contribution in [2.24, 2.45) is 5.73 Å². The van der Waals surface area contributed by atoms with E-state index in [2.05, 4.69) is 25.6 Å². The lowest BCUT2D eigenvalue weighted by Crippen LogP contribution is -2.41. The summed E-state index contributed by atoms with van der Waals surface area (Å²) in [6.07, 6.45) is 5.24. The molecule has 0 fully saturated rings. The Morgan fingerprint density at radius 1 is 1.19 bits per heavy atom. The number of carboxylic acids is 1. The van der Waals surface area contributed by atoms with Gasteiger partial charge in [0.05, 0.1) is 12.9 Å². The maximum atomic E-state index is 11.8. The number of aromatic nitrogens is 4. The number of rotatable bonds is 13. The van der Waals surface area contributed by atoms with E-state index in [4.69, 9.17) is 10.5 Å². The monoisotopic (exact) mass is 450 g/mol. The molecule has 13 nitrogen and oxygen atoms in total. The highest BCUT2D eigenvalue weighted by Crippen LogP contribution is 2.19. The molecule has 2 heterocycles. The van der Waals surface area contributed by atoms with E-state index >= 15 is 0 Å². The number of hydrogen-bond donors (Lipinski definition) is 4. The van der Waals surface area contributed by atoms with Crippen molar-refractivity contribution in [3.8, 4) is 0 Å². The van der Waals surface area contributed by atoms with E-state index in [0.717, 1.165) is 29.8 Å². The fraction of sp³-hybridized carbons (Fsp3) is 0.579. The average Bonchev–Trinajstić information content (AvgIpc) is 3.15. The van der Waals surface area contributed by atoms with Crippen molar-refractivity contribution in [3.63, 3.8) is 0 Å². The normalized spacial score (nSPS) is 11.7. The zero-order valence-electron chi connectivity index (χ0n) is 18.3. The molecule has 1 atom stereocenters. The number of nitrogens with one attached hydrogen (secondary N) is 2. The van der Waals surface area contributed by atoms with Gasteiger partial charge in [-0.3, -0.25) is 0 Å². The molecule has 0 unspecified atom stereocenters. The second-order valence-electron chi connectivity index (χ2n) is 7.37. The van der Waals surface area contributed by atoms with Gasteiger partial charge < -0.3 is 35.7 Å². The fourth-order valence-corrected chi connectivity index (χ4v) is 3.04. The second-order valence-corrected chi connectivity index (χ2v) is 7.37. The van der Waals surface area contributed by atoms with E-state index in [1.807, 2.05) is 23.6 Å². The number of carbonyl (C=O) groups is 3. The summed E-state index contributed by atoms with van der Waals surface area (Å²) in [6.45, 7) is 1.12. The van der Waals surface area contributed by atoms with Crippen LogP contribution in [0.5, 0.6) is 0 Å². The lowest BCUT2D eigenvalue weighted by Gasteiger charge is -2.14. The van der Waals surface area contributed by atoms with E-state index in [-0.39, 0.29) is 19.6 Å². The quantitative estimate of drug-likeness (QED) is 0.320. The molecular formula is C19H30N8O5. The highest BCUT2D eigenvalue weighted by molar-refractivity contribution is 5.83. The number of alkyl carbamates (subject to hydrolysis) is 1. The lowest BCUT2D eigenvalue weighted by atomic mass is 10.1. The maximum Gasteiger partial charge on any atom is 0.407 e. The number of imidazole rings is 1. The van der Waals surface area contributed by atoms with Gasteiger partial charge in [0, 0.05) is 27.2 Å². The van der Waals surface area contributed by atoms with Gasteiger partial charge in [0.1, 0.15) is 12.4 Å². The first-order valence-electron chi connectivity index (χ1n) is 10.3. The van der Waals surface area contributed by atoms with E-state index in [9.17, 15) is 19.5 Å². The van der Waals surface area contributed by atoms with Crippen LogP contribution in [-0.4, -0.2) is 76.0 Å². The van der Waals surface area contributed by atoms with Gasteiger partial charge in [-0.25, -0.2) is 29.3 Å². The summed E-state index contributed by atoms with van der Waals surface area (Å²) < 4.78 is 7.03. The summed E-state index contributed by atoms with van der Waals surface area (Å²) in [5.74, 6) is -0.410. The number of unbranched alkanes of at least 4 members (excludes halogenated alkanes) is 2. The molecule has 0 saturated carbocycles. The minimum Gasteiger partial charge on any atom is -0.480 e. The summed E-state index contributed by atoms with van der Waals surface area (Å²) in [5.41, 5.74) is 6.45. The predicted octanol–water partition coefficient (Wildman–Crippen LogP) is 0.691. The van der Waals surface area contributed by atoms with Gasteiger partial charge in [-0.15, -0.1) is 0 Å². The first-order valence-corrected chi connectivity index (χ1v) is 10.3.